The van der Waals surface area contributed by atoms with Crippen LogP contribution in [0.1, 0.15) is 25.7 Å². The first-order valence-corrected chi connectivity index (χ1v) is 11.5. The highest BCUT2D eigenvalue weighted by molar-refractivity contribution is 6.09. The second-order valence-corrected chi connectivity index (χ2v) is 8.75. The molecular formula is C26H30N2O5. The lowest BCUT2D eigenvalue weighted by atomic mass is 10.0. The van der Waals surface area contributed by atoms with Crippen LogP contribution in [-0.2, 0) is 4.79 Å². The van der Waals surface area contributed by atoms with Gasteiger partial charge in [-0.15, -0.1) is 0 Å². The first kappa shape index (κ1) is 23.0. The van der Waals surface area contributed by atoms with Gasteiger partial charge in [0, 0.05) is 37.7 Å². The van der Waals surface area contributed by atoms with Gasteiger partial charge in [-0.2, -0.15) is 0 Å². The maximum Gasteiger partial charge on any atom is 0.411 e. The van der Waals surface area contributed by atoms with Gasteiger partial charge < -0.3 is 20.2 Å². The number of aliphatic hydroxyl groups excluding tert-OH is 2. The zero-order valence-corrected chi connectivity index (χ0v) is 18.6. The fourth-order valence-electron chi connectivity index (χ4n) is 4.61. The quantitative estimate of drug-likeness (QED) is 0.357. The van der Waals surface area contributed by atoms with E-state index in [2.05, 4.69) is 6.07 Å². The Morgan fingerprint density at radius 3 is 2.39 bits per heavy atom. The van der Waals surface area contributed by atoms with Crippen LogP contribution in [0.3, 0.4) is 0 Å². The Morgan fingerprint density at radius 1 is 0.939 bits per heavy atom. The van der Waals surface area contributed by atoms with Gasteiger partial charge in [0.05, 0.1) is 12.7 Å². The summed E-state index contributed by atoms with van der Waals surface area (Å²) in [5.41, 5.74) is 0.642. The molecule has 174 valence electrons. The summed E-state index contributed by atoms with van der Waals surface area (Å²) in [5, 5.41) is 33.2. The standard InChI is InChI=1S/C26H30N2O5/c29-17-20-15-27(16-24(20)30)25(31)8-2-1-5-13-28(26(32)33)21-12-11-19-10-9-18-6-3-4-7-22(18)23(19)14-21/h3-4,6-7,9-12,14,20,24,29-30H,1-2,5,8,13,15-17H2,(H,32,33). The predicted molar refractivity (Wildman–Crippen MR) is 128 cm³/mol. The van der Waals surface area contributed by atoms with Crippen molar-refractivity contribution in [1.29, 1.82) is 0 Å². The first-order valence-electron chi connectivity index (χ1n) is 11.5. The van der Waals surface area contributed by atoms with E-state index < -0.39 is 12.2 Å². The number of rotatable bonds is 8. The molecule has 1 saturated heterocycles. The van der Waals surface area contributed by atoms with E-state index in [-0.39, 0.29) is 25.0 Å². The molecular weight excluding hydrogens is 420 g/mol. The predicted octanol–water partition coefficient (Wildman–Crippen LogP) is 3.85. The van der Waals surface area contributed by atoms with E-state index in [1.807, 2.05) is 48.5 Å². The van der Waals surface area contributed by atoms with Crippen LogP contribution in [0.15, 0.2) is 54.6 Å². The first-order chi connectivity index (χ1) is 16.0. The molecule has 1 fully saturated rings. The van der Waals surface area contributed by atoms with E-state index >= 15 is 0 Å². The van der Waals surface area contributed by atoms with Crippen LogP contribution in [0.4, 0.5) is 10.5 Å². The summed E-state index contributed by atoms with van der Waals surface area (Å²) < 4.78 is 0. The van der Waals surface area contributed by atoms with E-state index in [0.717, 1.165) is 28.0 Å². The minimum atomic E-state index is -0.994. The van der Waals surface area contributed by atoms with Crippen molar-refractivity contribution in [3.63, 3.8) is 0 Å². The van der Waals surface area contributed by atoms with Crippen molar-refractivity contribution >= 4 is 39.2 Å². The topological polar surface area (TPSA) is 101 Å². The second-order valence-electron chi connectivity index (χ2n) is 8.75. The Hall–Kier alpha value is -3.16. The maximum atomic E-state index is 12.3. The molecule has 0 aromatic heterocycles. The number of β-amino-alcohol motifs (C(OH)–C–C–N with tert-alkyl or cyclic N) is 1. The van der Waals surface area contributed by atoms with Gasteiger partial charge in [-0.25, -0.2) is 4.79 Å². The number of fused-ring (bicyclic) bond motifs is 3. The molecule has 7 nitrogen and oxygen atoms in total. The SMILES string of the molecule is O=C(CCCCCN(C(=O)O)c1ccc2ccc3ccccc3c2c1)N1CC(O)C(CO)C1. The number of hydrogen-bond acceptors (Lipinski definition) is 4. The van der Waals surface area contributed by atoms with Crippen molar-refractivity contribution in [2.75, 3.05) is 31.1 Å². The summed E-state index contributed by atoms with van der Waals surface area (Å²) in [7, 11) is 0. The Bertz CT molecular complexity index is 1150. The number of carbonyl (C=O) groups excluding carboxylic acids is 1. The van der Waals surface area contributed by atoms with Crippen LogP contribution in [0.5, 0.6) is 0 Å². The number of carbonyl (C=O) groups is 2. The van der Waals surface area contributed by atoms with Crippen molar-refractivity contribution < 1.29 is 24.9 Å². The van der Waals surface area contributed by atoms with E-state index in [4.69, 9.17) is 0 Å². The Labute approximate surface area is 192 Å². The largest absolute Gasteiger partial charge is 0.465 e. The third kappa shape index (κ3) is 5.10. The molecule has 3 N–H and O–H groups in total. The fraction of sp³-hybridized carbons (Fsp3) is 0.385. The van der Waals surface area contributed by atoms with Crippen molar-refractivity contribution in [2.24, 2.45) is 5.92 Å². The summed E-state index contributed by atoms with van der Waals surface area (Å²) in [6, 6.07) is 17.9. The fourth-order valence-corrected chi connectivity index (χ4v) is 4.61. The van der Waals surface area contributed by atoms with Gasteiger partial charge >= 0.3 is 6.09 Å². The molecule has 0 aliphatic carbocycles. The van der Waals surface area contributed by atoms with Crippen molar-refractivity contribution in [3.05, 3.63) is 54.6 Å². The molecule has 2 atom stereocenters. The number of aliphatic hydroxyl groups is 2. The number of carboxylic acid groups (broad SMARTS) is 1. The molecule has 3 aromatic carbocycles. The Kier molecular flexibility index (Phi) is 7.11. The van der Waals surface area contributed by atoms with Crippen LogP contribution in [0, 0.1) is 5.92 Å². The average molecular weight is 451 g/mol. The summed E-state index contributed by atoms with van der Waals surface area (Å²) in [4.78, 5) is 27.3. The van der Waals surface area contributed by atoms with Crippen LogP contribution in [0.2, 0.25) is 0 Å². The van der Waals surface area contributed by atoms with E-state index in [1.54, 1.807) is 4.90 Å². The van der Waals surface area contributed by atoms with Crippen molar-refractivity contribution in [3.8, 4) is 0 Å². The van der Waals surface area contributed by atoms with Crippen molar-refractivity contribution in [2.45, 2.75) is 31.8 Å². The van der Waals surface area contributed by atoms with Crippen LogP contribution < -0.4 is 4.90 Å². The summed E-state index contributed by atoms with van der Waals surface area (Å²) in [6.45, 7) is 0.892. The molecule has 0 saturated carbocycles. The van der Waals surface area contributed by atoms with E-state index in [9.17, 15) is 24.9 Å². The second kappa shape index (κ2) is 10.2. The van der Waals surface area contributed by atoms with E-state index in [0.29, 0.717) is 38.0 Å². The maximum absolute atomic E-state index is 12.3. The molecule has 1 aliphatic heterocycles. The van der Waals surface area contributed by atoms with Crippen LogP contribution in [-0.4, -0.2) is 64.6 Å². The molecule has 0 bridgehead atoms. The molecule has 1 heterocycles. The van der Waals surface area contributed by atoms with Gasteiger partial charge in [0.2, 0.25) is 5.91 Å². The summed E-state index contributed by atoms with van der Waals surface area (Å²) >= 11 is 0. The highest BCUT2D eigenvalue weighted by Gasteiger charge is 2.32. The lowest BCUT2D eigenvalue weighted by Gasteiger charge is -2.20. The Morgan fingerprint density at radius 2 is 1.67 bits per heavy atom. The summed E-state index contributed by atoms with van der Waals surface area (Å²) in [5.74, 6) is -0.293. The molecule has 7 heteroatoms. The van der Waals surface area contributed by atoms with Gasteiger partial charge in [-0.05, 0) is 46.5 Å². The number of benzene rings is 3. The number of likely N-dealkylation sites (tertiary alicyclic amines) is 1. The average Bonchev–Trinajstić information content (AvgIpc) is 3.21. The highest BCUT2D eigenvalue weighted by Crippen LogP contribution is 2.29. The summed E-state index contributed by atoms with van der Waals surface area (Å²) in [6.07, 6.45) is 0.736. The Balaban J connectivity index is 1.35. The van der Waals surface area contributed by atoms with E-state index in [1.165, 1.54) is 4.90 Å². The van der Waals surface area contributed by atoms with Crippen LogP contribution in [0.25, 0.3) is 21.5 Å². The lowest BCUT2D eigenvalue weighted by Crippen LogP contribution is -2.30. The molecule has 3 aromatic rings. The molecule has 33 heavy (non-hydrogen) atoms. The number of amides is 2. The molecule has 0 spiro atoms. The number of unbranched alkanes of at least 4 members (excludes halogenated alkanes) is 2. The third-order valence-corrected chi connectivity index (χ3v) is 6.54. The van der Waals surface area contributed by atoms with Gasteiger partial charge in [0.15, 0.2) is 0 Å². The lowest BCUT2D eigenvalue weighted by molar-refractivity contribution is -0.130. The van der Waals surface area contributed by atoms with Gasteiger partial charge in [-0.3, -0.25) is 9.69 Å². The van der Waals surface area contributed by atoms with Crippen molar-refractivity contribution in [1.82, 2.24) is 4.90 Å². The number of anilines is 1. The molecule has 4 rings (SSSR count). The minimum absolute atomic E-state index is 0.0264. The molecule has 1 aliphatic rings. The number of hydrogen-bond donors (Lipinski definition) is 3. The smallest absolute Gasteiger partial charge is 0.411 e. The molecule has 2 amide bonds. The minimum Gasteiger partial charge on any atom is -0.465 e. The molecule has 2 unspecified atom stereocenters. The third-order valence-electron chi connectivity index (χ3n) is 6.54. The van der Waals surface area contributed by atoms with Gasteiger partial charge in [0.1, 0.15) is 0 Å². The monoisotopic (exact) mass is 450 g/mol. The molecule has 0 radical (unpaired) electrons. The highest BCUT2D eigenvalue weighted by atomic mass is 16.4. The zero-order chi connectivity index (χ0) is 23.4. The van der Waals surface area contributed by atoms with Crippen LogP contribution >= 0.6 is 0 Å². The van der Waals surface area contributed by atoms with Gasteiger partial charge in [0.25, 0.3) is 0 Å². The number of nitrogens with zero attached hydrogens (tertiary/aromatic N) is 2. The normalized spacial score (nSPS) is 18.2. The van der Waals surface area contributed by atoms with Gasteiger partial charge in [-0.1, -0.05) is 48.9 Å². The zero-order valence-electron chi connectivity index (χ0n) is 18.6.